The molecule has 0 aromatic carbocycles. The molecular weight excluding hydrogens is 352 g/mol. The predicted octanol–water partition coefficient (Wildman–Crippen LogP) is 0.0658. The number of anilines is 1. The van der Waals surface area contributed by atoms with Crippen LogP contribution in [0.4, 0.5) is 5.82 Å². The monoisotopic (exact) mass is 367 g/mol. The van der Waals surface area contributed by atoms with Gasteiger partial charge in [-0.2, -0.15) is 0 Å². The minimum absolute atomic E-state index is 0.211. The van der Waals surface area contributed by atoms with E-state index in [4.69, 9.17) is 20.3 Å². The van der Waals surface area contributed by atoms with Crippen molar-refractivity contribution in [1.29, 1.82) is 0 Å². The SMILES string of the molecule is C[C@@H](Cn1cnc2c(N)ncnc21)OCP(=O)(O)OP(=O)(O)O. The number of nitrogens with two attached hydrogens (primary N) is 1. The largest absolute Gasteiger partial charge is 0.476 e. The summed E-state index contributed by atoms with van der Waals surface area (Å²) in [7, 11) is -9.65. The van der Waals surface area contributed by atoms with Crippen LogP contribution in [0.25, 0.3) is 11.2 Å². The third-order valence-corrected chi connectivity index (χ3v) is 4.99. The first-order valence-corrected chi connectivity index (χ1v) is 9.48. The zero-order valence-corrected chi connectivity index (χ0v) is 13.7. The molecule has 128 valence electrons. The van der Waals surface area contributed by atoms with E-state index in [0.717, 1.165) is 0 Å². The van der Waals surface area contributed by atoms with Gasteiger partial charge in [0.15, 0.2) is 11.5 Å². The van der Waals surface area contributed by atoms with Crippen molar-refractivity contribution >= 4 is 32.4 Å². The Balaban J connectivity index is 1.99. The Morgan fingerprint density at radius 2 is 2.00 bits per heavy atom. The van der Waals surface area contributed by atoms with Gasteiger partial charge in [-0.15, -0.1) is 0 Å². The van der Waals surface area contributed by atoms with Crippen molar-refractivity contribution in [2.45, 2.75) is 19.6 Å². The third-order valence-electron chi connectivity index (χ3n) is 2.64. The second kappa shape index (κ2) is 6.62. The first kappa shape index (κ1) is 18.0. The molecular formula is C9H15N5O7P2. The van der Waals surface area contributed by atoms with Crippen molar-refractivity contribution in [3.8, 4) is 0 Å². The van der Waals surface area contributed by atoms with E-state index in [-0.39, 0.29) is 12.4 Å². The molecule has 2 aromatic rings. The summed E-state index contributed by atoms with van der Waals surface area (Å²) in [5.41, 5.74) is 6.54. The molecule has 2 rings (SSSR count). The number of rotatable bonds is 7. The lowest BCUT2D eigenvalue weighted by Gasteiger charge is -2.17. The number of ether oxygens (including phenoxy) is 1. The topological polar surface area (TPSA) is 183 Å². The fourth-order valence-electron chi connectivity index (χ4n) is 1.77. The zero-order valence-electron chi connectivity index (χ0n) is 11.9. The Kier molecular flexibility index (Phi) is 5.17. The van der Waals surface area contributed by atoms with Gasteiger partial charge >= 0.3 is 15.4 Å². The van der Waals surface area contributed by atoms with Gasteiger partial charge in [0.25, 0.3) is 0 Å². The number of fused-ring (bicyclic) bond motifs is 1. The summed E-state index contributed by atoms with van der Waals surface area (Å²) >= 11 is 0. The van der Waals surface area contributed by atoms with Crippen molar-refractivity contribution in [3.05, 3.63) is 12.7 Å². The van der Waals surface area contributed by atoms with E-state index in [2.05, 4.69) is 19.3 Å². The average molecular weight is 367 g/mol. The van der Waals surface area contributed by atoms with Crippen LogP contribution in [-0.2, 0) is 24.7 Å². The zero-order chi connectivity index (χ0) is 17.3. The van der Waals surface area contributed by atoms with E-state index >= 15 is 0 Å². The molecule has 2 aromatic heterocycles. The fourth-order valence-corrected chi connectivity index (χ4v) is 3.73. The second-order valence-electron chi connectivity index (χ2n) is 4.64. The first-order chi connectivity index (χ1) is 10.6. The van der Waals surface area contributed by atoms with Crippen molar-refractivity contribution in [2.75, 3.05) is 12.1 Å². The van der Waals surface area contributed by atoms with E-state index in [1.807, 2.05) is 0 Å². The van der Waals surface area contributed by atoms with Crippen LogP contribution in [0.3, 0.4) is 0 Å². The van der Waals surface area contributed by atoms with E-state index in [9.17, 15) is 14.0 Å². The molecule has 5 N–H and O–H groups in total. The highest BCUT2D eigenvalue weighted by molar-refractivity contribution is 7.63. The predicted molar refractivity (Wildman–Crippen MR) is 78.1 cm³/mol. The van der Waals surface area contributed by atoms with Crippen LogP contribution in [0.1, 0.15) is 6.92 Å². The molecule has 1 unspecified atom stereocenters. The van der Waals surface area contributed by atoms with Crippen LogP contribution in [0, 0.1) is 0 Å². The number of hydrogen-bond donors (Lipinski definition) is 4. The molecule has 0 fully saturated rings. The molecule has 0 spiro atoms. The fraction of sp³-hybridized carbons (Fsp3) is 0.444. The van der Waals surface area contributed by atoms with Crippen LogP contribution in [0.2, 0.25) is 0 Å². The standard InChI is InChI=1S/C9H15N5O7P2/c1-6(20-5-22(15,16)21-23(17,18)19)2-14-4-13-7-8(10)11-3-12-9(7)14/h3-4,6H,2,5H2,1H3,(H,15,16)(H2,10,11,12)(H2,17,18,19)/t6-/m0/s1. The maximum atomic E-state index is 11.5. The number of phosphoric acid groups is 1. The maximum Gasteiger partial charge on any atom is 0.476 e. The highest BCUT2D eigenvalue weighted by Crippen LogP contribution is 2.56. The van der Waals surface area contributed by atoms with E-state index in [0.29, 0.717) is 11.2 Å². The molecule has 2 atom stereocenters. The van der Waals surface area contributed by atoms with Gasteiger partial charge in [-0.05, 0) is 6.92 Å². The molecule has 0 saturated carbocycles. The molecule has 23 heavy (non-hydrogen) atoms. The van der Waals surface area contributed by atoms with Crippen LogP contribution in [0.5, 0.6) is 0 Å². The summed E-state index contributed by atoms with van der Waals surface area (Å²) in [6.07, 6.45) is 1.27. The van der Waals surface area contributed by atoms with Crippen LogP contribution in [0.15, 0.2) is 12.7 Å². The Bertz CT molecular complexity index is 790. The smallest absolute Gasteiger partial charge is 0.382 e. The molecule has 14 heteroatoms. The summed E-state index contributed by atoms with van der Waals surface area (Å²) in [6, 6.07) is 0. The van der Waals surface area contributed by atoms with Crippen molar-refractivity contribution < 1.29 is 32.9 Å². The second-order valence-corrected chi connectivity index (χ2v) is 7.81. The van der Waals surface area contributed by atoms with Crippen molar-refractivity contribution in [1.82, 2.24) is 19.5 Å². The molecule has 12 nitrogen and oxygen atoms in total. The van der Waals surface area contributed by atoms with Gasteiger partial charge in [-0.1, -0.05) is 0 Å². The van der Waals surface area contributed by atoms with E-state index < -0.39 is 27.9 Å². The summed E-state index contributed by atoms with van der Waals surface area (Å²) in [6.45, 7) is 1.80. The number of aromatic nitrogens is 4. The molecule has 0 aliphatic carbocycles. The Labute approximate surface area is 130 Å². The van der Waals surface area contributed by atoms with E-state index in [1.165, 1.54) is 12.7 Å². The number of nitrogen functional groups attached to an aromatic ring is 1. The van der Waals surface area contributed by atoms with Gasteiger partial charge < -0.3 is 29.7 Å². The Hall–Kier alpha value is -1.39. The number of hydrogen-bond acceptors (Lipinski definition) is 8. The summed E-state index contributed by atoms with van der Waals surface area (Å²) in [4.78, 5) is 38.2. The average Bonchev–Trinajstić information content (AvgIpc) is 2.79. The Morgan fingerprint density at radius 3 is 2.65 bits per heavy atom. The minimum Gasteiger partial charge on any atom is -0.382 e. The van der Waals surface area contributed by atoms with Gasteiger partial charge in [0, 0.05) is 0 Å². The van der Waals surface area contributed by atoms with Crippen LogP contribution in [-0.4, -0.2) is 46.7 Å². The lowest BCUT2D eigenvalue weighted by atomic mass is 10.4. The lowest BCUT2D eigenvalue weighted by molar-refractivity contribution is 0.0758. The summed E-state index contributed by atoms with van der Waals surface area (Å²) in [5, 5.41) is 0. The van der Waals surface area contributed by atoms with Crippen molar-refractivity contribution in [2.24, 2.45) is 0 Å². The highest BCUT2D eigenvalue weighted by Gasteiger charge is 2.31. The molecule has 0 aliphatic rings. The lowest BCUT2D eigenvalue weighted by Crippen LogP contribution is -2.17. The minimum atomic E-state index is -5.08. The quantitative estimate of drug-likeness (QED) is 0.485. The van der Waals surface area contributed by atoms with Gasteiger partial charge in [-0.25, -0.2) is 23.8 Å². The highest BCUT2D eigenvalue weighted by atomic mass is 31.3. The summed E-state index contributed by atoms with van der Waals surface area (Å²) < 4.78 is 32.5. The molecule has 0 aliphatic heterocycles. The number of nitrogens with zero attached hydrogens (tertiary/aromatic N) is 4. The number of imidazole rings is 1. The van der Waals surface area contributed by atoms with E-state index in [1.54, 1.807) is 11.5 Å². The van der Waals surface area contributed by atoms with Crippen LogP contribution < -0.4 is 5.73 Å². The normalized spacial score (nSPS) is 16.3. The third kappa shape index (κ3) is 5.05. The molecule has 0 radical (unpaired) electrons. The van der Waals surface area contributed by atoms with Gasteiger partial charge in [0.2, 0.25) is 0 Å². The maximum absolute atomic E-state index is 11.5. The van der Waals surface area contributed by atoms with Gasteiger partial charge in [0.1, 0.15) is 18.2 Å². The molecule has 2 heterocycles. The van der Waals surface area contributed by atoms with Gasteiger partial charge in [-0.3, -0.25) is 4.57 Å². The molecule has 0 amide bonds. The van der Waals surface area contributed by atoms with Crippen LogP contribution >= 0.6 is 15.4 Å². The first-order valence-electron chi connectivity index (χ1n) is 6.19. The van der Waals surface area contributed by atoms with Gasteiger partial charge in [0.05, 0.1) is 19.0 Å². The Morgan fingerprint density at radius 1 is 1.30 bits per heavy atom. The molecule has 0 saturated heterocycles. The summed E-state index contributed by atoms with van der Waals surface area (Å²) in [5.74, 6) is 0.220. The molecule has 0 bridgehead atoms. The van der Waals surface area contributed by atoms with Crippen molar-refractivity contribution in [3.63, 3.8) is 0 Å².